The molecule has 0 radical (unpaired) electrons. The van der Waals surface area contributed by atoms with Gasteiger partial charge in [-0.05, 0) is 18.2 Å². The predicted molar refractivity (Wildman–Crippen MR) is 99.5 cm³/mol. The van der Waals surface area contributed by atoms with Gasteiger partial charge in [-0.25, -0.2) is 4.39 Å². The topological polar surface area (TPSA) is 73.0 Å². The highest BCUT2D eigenvalue weighted by molar-refractivity contribution is 7.86. The van der Waals surface area contributed by atoms with Crippen molar-refractivity contribution in [3.8, 4) is 0 Å². The Morgan fingerprint density at radius 2 is 1.85 bits per heavy atom. The van der Waals surface area contributed by atoms with Gasteiger partial charge in [-0.15, -0.1) is 0 Å². The van der Waals surface area contributed by atoms with Gasteiger partial charge in [0.1, 0.15) is 5.82 Å². The number of benzene rings is 1. The molecule has 1 aromatic rings. The molecule has 0 aliphatic carbocycles. The lowest BCUT2D eigenvalue weighted by atomic mass is 10.2. The number of piperazine rings is 1. The molecular formula is C17H27FN4O3S. The van der Waals surface area contributed by atoms with Crippen LogP contribution in [0.15, 0.2) is 24.3 Å². The van der Waals surface area contributed by atoms with Crippen molar-refractivity contribution in [2.75, 3.05) is 51.1 Å². The monoisotopic (exact) mass is 386 g/mol. The molecule has 1 amide bonds. The van der Waals surface area contributed by atoms with E-state index in [4.69, 9.17) is 0 Å². The zero-order valence-electron chi connectivity index (χ0n) is 15.3. The Hall–Kier alpha value is -1.55. The van der Waals surface area contributed by atoms with Gasteiger partial charge < -0.3 is 10.2 Å². The minimum atomic E-state index is -3.40. The van der Waals surface area contributed by atoms with Crippen molar-refractivity contribution in [1.29, 1.82) is 0 Å². The van der Waals surface area contributed by atoms with Crippen molar-refractivity contribution in [1.82, 2.24) is 13.5 Å². The molecule has 2 rings (SSSR count). The van der Waals surface area contributed by atoms with Crippen LogP contribution in [0.2, 0.25) is 0 Å². The summed E-state index contributed by atoms with van der Waals surface area (Å²) in [5, 5.41) is 2.67. The smallest absolute Gasteiger partial charge is 0.282 e. The summed E-state index contributed by atoms with van der Waals surface area (Å²) in [6.45, 7) is 7.14. The van der Waals surface area contributed by atoms with Crippen LogP contribution in [-0.2, 0) is 15.0 Å². The Labute approximate surface area is 154 Å². The number of hydrogen-bond acceptors (Lipinski definition) is 4. The second-order valence-corrected chi connectivity index (χ2v) is 8.07. The summed E-state index contributed by atoms with van der Waals surface area (Å²) in [6, 6.07) is 5.77. The van der Waals surface area contributed by atoms with Gasteiger partial charge in [-0.3, -0.25) is 4.79 Å². The number of hydrogen-bond donors (Lipinski definition) is 1. The second kappa shape index (κ2) is 9.40. The lowest BCUT2D eigenvalue weighted by Gasteiger charge is -2.36. The second-order valence-electron chi connectivity index (χ2n) is 6.14. The summed E-state index contributed by atoms with van der Waals surface area (Å²) in [5.74, 6) is -0.581. The number of nitrogens with zero attached hydrogens (tertiary/aromatic N) is 3. The maximum Gasteiger partial charge on any atom is 0.282 e. The van der Waals surface area contributed by atoms with Gasteiger partial charge in [-0.1, -0.05) is 19.9 Å². The Bertz CT molecular complexity index is 702. The minimum absolute atomic E-state index is 0.186. The fourth-order valence-corrected chi connectivity index (χ4v) is 4.55. The molecule has 1 heterocycles. The molecule has 1 aliphatic heterocycles. The van der Waals surface area contributed by atoms with Crippen LogP contribution in [0.5, 0.6) is 0 Å². The molecule has 0 aromatic heterocycles. The SMILES string of the molecule is CCN(CC)S(=O)(=O)N1CCN(CCC(=O)Nc2cccc(F)c2)CC1. The van der Waals surface area contributed by atoms with Crippen molar-refractivity contribution in [2.24, 2.45) is 0 Å². The van der Waals surface area contributed by atoms with Gasteiger partial charge in [0.2, 0.25) is 5.91 Å². The summed E-state index contributed by atoms with van der Waals surface area (Å²) in [7, 11) is -3.40. The molecule has 9 heteroatoms. The van der Waals surface area contributed by atoms with Gasteiger partial charge in [0.15, 0.2) is 0 Å². The third-order valence-corrected chi connectivity index (χ3v) is 6.64. The zero-order chi connectivity index (χ0) is 19.2. The summed E-state index contributed by atoms with van der Waals surface area (Å²) in [6.07, 6.45) is 0.277. The van der Waals surface area contributed by atoms with E-state index in [1.54, 1.807) is 12.1 Å². The van der Waals surface area contributed by atoms with E-state index in [1.807, 2.05) is 13.8 Å². The lowest BCUT2D eigenvalue weighted by Crippen LogP contribution is -2.53. The molecule has 1 aromatic carbocycles. The van der Waals surface area contributed by atoms with Gasteiger partial charge in [0.25, 0.3) is 10.2 Å². The number of anilines is 1. The molecule has 1 N–H and O–H groups in total. The Morgan fingerprint density at radius 1 is 1.19 bits per heavy atom. The molecule has 146 valence electrons. The molecule has 0 unspecified atom stereocenters. The molecule has 7 nitrogen and oxygen atoms in total. The highest BCUT2D eigenvalue weighted by Gasteiger charge is 2.30. The van der Waals surface area contributed by atoms with Crippen LogP contribution in [0.25, 0.3) is 0 Å². The maximum absolute atomic E-state index is 13.1. The maximum atomic E-state index is 13.1. The van der Waals surface area contributed by atoms with Gasteiger partial charge in [0, 0.05) is 57.9 Å². The molecule has 26 heavy (non-hydrogen) atoms. The summed E-state index contributed by atoms with van der Waals surface area (Å²) >= 11 is 0. The van der Waals surface area contributed by atoms with Gasteiger partial charge in [0.05, 0.1) is 0 Å². The number of nitrogens with one attached hydrogen (secondary N) is 1. The van der Waals surface area contributed by atoms with Crippen LogP contribution >= 0.6 is 0 Å². The average Bonchev–Trinajstić information content (AvgIpc) is 2.61. The molecule has 0 saturated carbocycles. The summed E-state index contributed by atoms with van der Waals surface area (Å²) < 4.78 is 41.1. The van der Waals surface area contributed by atoms with Crippen LogP contribution in [-0.4, -0.2) is 73.6 Å². The lowest BCUT2D eigenvalue weighted by molar-refractivity contribution is -0.116. The van der Waals surface area contributed by atoms with Crippen molar-refractivity contribution >= 4 is 21.8 Å². The first kappa shape index (κ1) is 20.8. The first-order chi connectivity index (χ1) is 12.4. The zero-order valence-corrected chi connectivity index (χ0v) is 16.1. The fraction of sp³-hybridized carbons (Fsp3) is 0.588. The minimum Gasteiger partial charge on any atom is -0.326 e. The van der Waals surface area contributed by atoms with E-state index in [2.05, 4.69) is 10.2 Å². The van der Waals surface area contributed by atoms with Crippen molar-refractivity contribution in [3.05, 3.63) is 30.1 Å². The number of carbonyl (C=O) groups excluding carboxylic acids is 1. The quantitative estimate of drug-likeness (QED) is 0.732. The van der Waals surface area contributed by atoms with E-state index in [9.17, 15) is 17.6 Å². The van der Waals surface area contributed by atoms with Crippen molar-refractivity contribution in [3.63, 3.8) is 0 Å². The predicted octanol–water partition coefficient (Wildman–Crippen LogP) is 1.36. The van der Waals surface area contributed by atoms with Crippen LogP contribution in [0.1, 0.15) is 20.3 Å². The molecule has 1 aliphatic rings. The van der Waals surface area contributed by atoms with Crippen LogP contribution < -0.4 is 5.32 Å². The average molecular weight is 386 g/mol. The van der Waals surface area contributed by atoms with E-state index < -0.39 is 16.0 Å². The van der Waals surface area contributed by atoms with Crippen LogP contribution in [0.4, 0.5) is 10.1 Å². The van der Waals surface area contributed by atoms with E-state index in [0.717, 1.165) is 0 Å². The standard InChI is InChI=1S/C17H27FN4O3S/c1-3-21(4-2)26(24,25)22-12-10-20(11-13-22)9-8-17(23)19-16-7-5-6-15(18)14-16/h5-7,14H,3-4,8-13H2,1-2H3,(H,19,23). The van der Waals surface area contributed by atoms with E-state index >= 15 is 0 Å². The first-order valence-electron chi connectivity index (χ1n) is 8.89. The first-order valence-corrected chi connectivity index (χ1v) is 10.3. The fourth-order valence-electron chi connectivity index (χ4n) is 2.95. The van der Waals surface area contributed by atoms with Crippen LogP contribution in [0, 0.1) is 5.82 Å². The largest absolute Gasteiger partial charge is 0.326 e. The van der Waals surface area contributed by atoms with Crippen molar-refractivity contribution < 1.29 is 17.6 Å². The van der Waals surface area contributed by atoms with E-state index in [0.29, 0.717) is 51.5 Å². The molecule has 0 spiro atoms. The Morgan fingerprint density at radius 3 is 2.42 bits per heavy atom. The Kier molecular flexibility index (Phi) is 7.51. The number of rotatable bonds is 8. The normalized spacial score (nSPS) is 16.8. The Balaban J connectivity index is 1.77. The number of amides is 1. The highest BCUT2D eigenvalue weighted by Crippen LogP contribution is 2.13. The van der Waals surface area contributed by atoms with Gasteiger partial charge >= 0.3 is 0 Å². The molecular weight excluding hydrogens is 359 g/mol. The summed E-state index contributed by atoms with van der Waals surface area (Å²) in [4.78, 5) is 14.1. The molecule has 1 saturated heterocycles. The molecule has 0 atom stereocenters. The van der Waals surface area contributed by atoms with Crippen LogP contribution in [0.3, 0.4) is 0 Å². The third kappa shape index (κ3) is 5.47. The summed E-state index contributed by atoms with van der Waals surface area (Å²) in [5.41, 5.74) is 0.435. The van der Waals surface area contributed by atoms with Gasteiger partial charge in [-0.2, -0.15) is 17.0 Å². The van der Waals surface area contributed by atoms with E-state index in [1.165, 1.54) is 20.7 Å². The van der Waals surface area contributed by atoms with E-state index in [-0.39, 0.29) is 12.3 Å². The molecule has 0 bridgehead atoms. The van der Waals surface area contributed by atoms with Crippen molar-refractivity contribution in [2.45, 2.75) is 20.3 Å². The molecule has 1 fully saturated rings. The number of halogens is 1. The third-order valence-electron chi connectivity index (χ3n) is 4.45. The highest BCUT2D eigenvalue weighted by atomic mass is 32.2. The number of carbonyl (C=O) groups is 1.